The molecule has 0 N–H and O–H groups in total. The van der Waals surface area contributed by atoms with Gasteiger partial charge in [0.1, 0.15) is 0 Å². The number of likely N-dealkylation sites (N-methyl/N-ethyl adjacent to an activating group) is 1. The van der Waals surface area contributed by atoms with E-state index in [1.165, 1.54) is 0 Å². The second-order valence-electron chi connectivity index (χ2n) is 5.06. The fourth-order valence-corrected chi connectivity index (χ4v) is 3.34. The van der Waals surface area contributed by atoms with Crippen molar-refractivity contribution in [2.24, 2.45) is 0 Å². The summed E-state index contributed by atoms with van der Waals surface area (Å²) in [7, 11) is 1.83. The van der Waals surface area contributed by atoms with Gasteiger partial charge in [-0.15, -0.1) is 11.3 Å². The predicted molar refractivity (Wildman–Crippen MR) is 80.7 cm³/mol. The Morgan fingerprint density at radius 1 is 1.60 bits per heavy atom. The Bertz CT molecular complexity index is 522. The molecule has 0 radical (unpaired) electrons. The number of nitrogens with zero attached hydrogens (tertiary/aromatic N) is 2. The summed E-state index contributed by atoms with van der Waals surface area (Å²) in [4.78, 5) is 19.9. The molecule has 0 spiro atoms. The van der Waals surface area contributed by atoms with E-state index in [4.69, 9.17) is 4.74 Å². The third-order valence-corrected chi connectivity index (χ3v) is 5.08. The van der Waals surface area contributed by atoms with Crippen LogP contribution in [0.1, 0.15) is 48.3 Å². The number of carbonyl (C=O) groups excluding carboxylic acids is 1. The van der Waals surface area contributed by atoms with Crippen LogP contribution in [0, 0.1) is 6.92 Å². The third kappa shape index (κ3) is 3.03. The number of hydrogen-bond acceptors (Lipinski definition) is 4. The van der Waals surface area contributed by atoms with Crippen molar-refractivity contribution >= 4 is 17.2 Å². The predicted octanol–water partition coefficient (Wildman–Crippen LogP) is 3.23. The molecule has 1 aromatic rings. The van der Waals surface area contributed by atoms with Gasteiger partial charge < -0.3 is 9.64 Å². The monoisotopic (exact) mass is 294 g/mol. The standard InChI is InChI=1S/C15H22N2O2S/c1-5-13-16-10(2)14(20-13)11(3)17(4)15(18)12-8-6-7-9-19-12/h8,11H,5-7,9H2,1-4H3. The van der Waals surface area contributed by atoms with Crippen molar-refractivity contribution in [2.75, 3.05) is 13.7 Å². The molecular weight excluding hydrogens is 272 g/mol. The lowest BCUT2D eigenvalue weighted by atomic mass is 10.2. The first-order chi connectivity index (χ1) is 9.54. The number of thiazole rings is 1. The van der Waals surface area contributed by atoms with Gasteiger partial charge in [0.05, 0.1) is 23.4 Å². The zero-order valence-electron chi connectivity index (χ0n) is 12.6. The summed E-state index contributed by atoms with van der Waals surface area (Å²) < 4.78 is 5.46. The van der Waals surface area contributed by atoms with E-state index in [9.17, 15) is 4.79 Å². The highest BCUT2D eigenvalue weighted by Gasteiger charge is 2.25. The summed E-state index contributed by atoms with van der Waals surface area (Å²) >= 11 is 1.69. The van der Waals surface area contributed by atoms with E-state index in [-0.39, 0.29) is 11.9 Å². The van der Waals surface area contributed by atoms with Crippen molar-refractivity contribution in [3.63, 3.8) is 0 Å². The maximum atomic E-state index is 12.4. The molecule has 0 fully saturated rings. The summed E-state index contributed by atoms with van der Waals surface area (Å²) in [5.74, 6) is 0.450. The maximum absolute atomic E-state index is 12.4. The van der Waals surface area contributed by atoms with Crippen molar-refractivity contribution in [1.82, 2.24) is 9.88 Å². The van der Waals surface area contributed by atoms with E-state index in [2.05, 4.69) is 11.9 Å². The van der Waals surface area contributed by atoms with Gasteiger partial charge in [0, 0.05) is 11.9 Å². The Hall–Kier alpha value is -1.36. The molecule has 1 atom stereocenters. The molecule has 110 valence electrons. The SMILES string of the molecule is CCc1nc(C)c(C(C)N(C)C(=O)C2=CCCCO2)s1. The van der Waals surface area contributed by atoms with Gasteiger partial charge >= 0.3 is 0 Å². The van der Waals surface area contributed by atoms with Gasteiger partial charge in [0.15, 0.2) is 5.76 Å². The van der Waals surface area contributed by atoms with Gasteiger partial charge in [-0.1, -0.05) is 6.92 Å². The number of amides is 1. The molecule has 1 aliphatic rings. The smallest absolute Gasteiger partial charge is 0.288 e. The van der Waals surface area contributed by atoms with Crippen LogP contribution in [-0.4, -0.2) is 29.4 Å². The van der Waals surface area contributed by atoms with Crippen molar-refractivity contribution in [1.29, 1.82) is 0 Å². The van der Waals surface area contributed by atoms with Crippen LogP contribution in [0.5, 0.6) is 0 Å². The van der Waals surface area contributed by atoms with Crippen LogP contribution in [0.4, 0.5) is 0 Å². The number of aromatic nitrogens is 1. The maximum Gasteiger partial charge on any atom is 0.288 e. The van der Waals surface area contributed by atoms with Crippen molar-refractivity contribution < 1.29 is 9.53 Å². The summed E-state index contributed by atoms with van der Waals surface area (Å²) in [6, 6.07) is 0.0201. The minimum Gasteiger partial charge on any atom is -0.488 e. The van der Waals surface area contributed by atoms with E-state index >= 15 is 0 Å². The van der Waals surface area contributed by atoms with Gasteiger partial charge in [-0.05, 0) is 39.2 Å². The number of hydrogen-bond donors (Lipinski definition) is 0. The number of rotatable bonds is 4. The first kappa shape index (κ1) is 15.0. The van der Waals surface area contributed by atoms with E-state index in [0.717, 1.165) is 34.8 Å². The molecule has 1 aromatic heterocycles. The second kappa shape index (κ2) is 6.39. The van der Waals surface area contributed by atoms with Crippen LogP contribution >= 0.6 is 11.3 Å². The van der Waals surface area contributed by atoms with Crippen LogP contribution in [0.2, 0.25) is 0 Å². The van der Waals surface area contributed by atoms with Crippen LogP contribution in [0.3, 0.4) is 0 Å². The molecule has 1 amide bonds. The van der Waals surface area contributed by atoms with Crippen LogP contribution < -0.4 is 0 Å². The molecule has 2 heterocycles. The zero-order valence-corrected chi connectivity index (χ0v) is 13.4. The van der Waals surface area contributed by atoms with Crippen molar-refractivity contribution in [3.05, 3.63) is 27.4 Å². The minimum atomic E-state index is -0.0388. The quantitative estimate of drug-likeness (QED) is 0.856. The number of aryl methyl sites for hydroxylation is 2. The lowest BCUT2D eigenvalue weighted by Gasteiger charge is -2.26. The molecule has 5 heteroatoms. The van der Waals surface area contributed by atoms with Gasteiger partial charge in [-0.3, -0.25) is 4.79 Å². The first-order valence-corrected chi connectivity index (χ1v) is 7.92. The van der Waals surface area contributed by atoms with Gasteiger partial charge in [0.2, 0.25) is 0 Å². The highest BCUT2D eigenvalue weighted by atomic mass is 32.1. The normalized spacial score (nSPS) is 16.3. The molecule has 0 bridgehead atoms. The largest absolute Gasteiger partial charge is 0.488 e. The van der Waals surface area contributed by atoms with Gasteiger partial charge in [-0.25, -0.2) is 4.98 Å². The van der Waals surface area contributed by atoms with E-state index in [0.29, 0.717) is 12.4 Å². The van der Waals surface area contributed by atoms with E-state index in [1.54, 1.807) is 16.2 Å². The van der Waals surface area contributed by atoms with Crippen molar-refractivity contribution in [3.8, 4) is 0 Å². The molecule has 2 rings (SSSR count). The van der Waals surface area contributed by atoms with Gasteiger partial charge in [-0.2, -0.15) is 0 Å². The molecular formula is C15H22N2O2S. The first-order valence-electron chi connectivity index (χ1n) is 7.11. The van der Waals surface area contributed by atoms with E-state index in [1.807, 2.05) is 27.0 Å². The molecule has 0 saturated heterocycles. The lowest BCUT2D eigenvalue weighted by Crippen LogP contribution is -2.32. The third-order valence-electron chi connectivity index (χ3n) is 3.61. The Morgan fingerprint density at radius 3 is 2.90 bits per heavy atom. The molecule has 0 saturated carbocycles. The summed E-state index contributed by atoms with van der Waals surface area (Å²) in [6.45, 7) is 6.79. The summed E-state index contributed by atoms with van der Waals surface area (Å²) in [5.41, 5.74) is 1.03. The van der Waals surface area contributed by atoms with Crippen molar-refractivity contribution in [2.45, 2.75) is 46.1 Å². The number of carbonyl (C=O) groups is 1. The Balaban J connectivity index is 2.14. The molecule has 20 heavy (non-hydrogen) atoms. The summed E-state index contributed by atoms with van der Waals surface area (Å²) in [6.07, 6.45) is 4.74. The minimum absolute atomic E-state index is 0.0201. The average molecular weight is 294 g/mol. The van der Waals surface area contributed by atoms with Crippen LogP contribution in [0.25, 0.3) is 0 Å². The average Bonchev–Trinajstić information content (AvgIpc) is 2.87. The highest BCUT2D eigenvalue weighted by molar-refractivity contribution is 7.11. The Morgan fingerprint density at radius 2 is 2.35 bits per heavy atom. The lowest BCUT2D eigenvalue weighted by molar-refractivity contribution is -0.131. The molecule has 0 aromatic carbocycles. The molecule has 1 unspecified atom stereocenters. The Labute approximate surface area is 124 Å². The highest BCUT2D eigenvalue weighted by Crippen LogP contribution is 2.30. The summed E-state index contributed by atoms with van der Waals surface area (Å²) in [5, 5.41) is 1.12. The number of ether oxygens (including phenoxy) is 1. The molecule has 4 nitrogen and oxygen atoms in total. The fraction of sp³-hybridized carbons (Fsp3) is 0.600. The fourth-order valence-electron chi connectivity index (χ4n) is 2.24. The zero-order chi connectivity index (χ0) is 14.7. The van der Waals surface area contributed by atoms with Gasteiger partial charge in [0.25, 0.3) is 5.91 Å². The number of allylic oxidation sites excluding steroid dienone is 1. The van der Waals surface area contributed by atoms with E-state index < -0.39 is 0 Å². The Kier molecular flexibility index (Phi) is 4.81. The second-order valence-corrected chi connectivity index (χ2v) is 6.18. The van der Waals surface area contributed by atoms with Crippen LogP contribution in [-0.2, 0) is 16.0 Å². The topological polar surface area (TPSA) is 42.4 Å². The van der Waals surface area contributed by atoms with Crippen LogP contribution in [0.15, 0.2) is 11.8 Å². The molecule has 1 aliphatic heterocycles. The molecule has 0 aliphatic carbocycles.